The SMILES string of the molecule is CCCCOC1=C[N@+](CCC(=O)c2ccc3n2CC(C(N)=O)=C3)(N(C)C(=O)O)C(=O)c2cc(Cl)c(Cl)cc21. The predicted octanol–water partition coefficient (Wildman–Crippen LogP) is 4.56. The Morgan fingerprint density at radius 3 is 2.50 bits per heavy atom. The summed E-state index contributed by atoms with van der Waals surface area (Å²) in [7, 11) is 1.26. The molecule has 1 atom stereocenters. The number of carbonyl (C=O) groups is 4. The molecule has 0 radical (unpaired) electrons. The Balaban J connectivity index is 1.71. The molecule has 1 aromatic heterocycles. The third kappa shape index (κ3) is 4.82. The molecule has 0 fully saturated rings. The maximum absolute atomic E-state index is 13.9. The van der Waals surface area contributed by atoms with Gasteiger partial charge in [0, 0.05) is 16.8 Å². The van der Waals surface area contributed by atoms with Crippen LogP contribution in [0.25, 0.3) is 11.8 Å². The van der Waals surface area contributed by atoms with Crippen LogP contribution in [0.4, 0.5) is 4.79 Å². The maximum Gasteiger partial charge on any atom is 0.452 e. The van der Waals surface area contributed by atoms with E-state index in [1.165, 1.54) is 25.4 Å². The molecule has 0 saturated heterocycles. The smallest absolute Gasteiger partial charge is 0.452 e. The second-order valence-corrected chi connectivity index (χ2v) is 9.92. The maximum atomic E-state index is 13.9. The van der Waals surface area contributed by atoms with E-state index in [1.807, 2.05) is 6.92 Å². The molecule has 3 N–H and O–H groups in total. The molecule has 0 aliphatic carbocycles. The third-order valence-corrected chi connectivity index (χ3v) is 7.48. The number of ketones is 1. The van der Waals surface area contributed by atoms with Crippen molar-refractivity contribution in [2.75, 3.05) is 20.2 Å². The van der Waals surface area contributed by atoms with E-state index in [2.05, 4.69) is 0 Å². The van der Waals surface area contributed by atoms with E-state index < -0.39 is 22.5 Å². The highest BCUT2D eigenvalue weighted by molar-refractivity contribution is 6.42. The molecule has 0 bridgehead atoms. The Hall–Kier alpha value is -3.60. The van der Waals surface area contributed by atoms with Gasteiger partial charge in [0.25, 0.3) is 0 Å². The number of carboxylic acid groups (broad SMARTS) is 1. The summed E-state index contributed by atoms with van der Waals surface area (Å²) in [4.78, 5) is 51.0. The molecule has 0 unspecified atom stereocenters. The molecule has 3 heterocycles. The van der Waals surface area contributed by atoms with Crippen LogP contribution in [0.3, 0.4) is 0 Å². The van der Waals surface area contributed by atoms with E-state index in [4.69, 9.17) is 33.7 Å². The Kier molecular flexibility index (Phi) is 7.68. The molecule has 2 aromatic rings. The minimum absolute atomic E-state index is 0.127. The van der Waals surface area contributed by atoms with Crippen molar-refractivity contribution in [3.05, 3.63) is 68.6 Å². The number of Topliss-reactive ketones (excluding diaryl/α,β-unsaturated/α-hetero) is 1. The number of rotatable bonds is 10. The number of amides is 3. The molecule has 200 valence electrons. The number of halogens is 2. The van der Waals surface area contributed by atoms with Crippen molar-refractivity contribution < 1.29 is 33.6 Å². The average Bonchev–Trinajstić information content (AvgIpc) is 3.47. The first-order valence-corrected chi connectivity index (χ1v) is 12.7. The first kappa shape index (κ1) is 27.4. The van der Waals surface area contributed by atoms with Gasteiger partial charge in [-0.05, 0) is 36.8 Å². The number of benzene rings is 1. The zero-order valence-electron chi connectivity index (χ0n) is 20.9. The van der Waals surface area contributed by atoms with Crippen LogP contribution in [0.1, 0.15) is 58.3 Å². The third-order valence-electron chi connectivity index (χ3n) is 6.75. The monoisotopic (exact) mass is 561 g/mol. The standard InChI is InChI=1S/C26H26Cl2N4O6/c1-3-4-9-38-23-14-32(30(2)26(36)37,25(35)18-12-20(28)19(27)11-17(18)23)8-7-22(33)21-6-5-16-10-15(24(29)34)13-31(16)21/h5-6,10-12,14H,3-4,7-9,13H2,1-2H3,(H2-,29,34,36,37)/p+1/t32-/m0/s1. The number of ether oxygens (including phenoxy) is 1. The van der Waals surface area contributed by atoms with Crippen LogP contribution in [-0.2, 0) is 16.1 Å². The van der Waals surface area contributed by atoms with Gasteiger partial charge in [-0.2, -0.15) is 0 Å². The average molecular weight is 562 g/mol. The summed E-state index contributed by atoms with van der Waals surface area (Å²) in [6, 6.07) is 6.23. The Morgan fingerprint density at radius 2 is 1.87 bits per heavy atom. The van der Waals surface area contributed by atoms with E-state index in [0.717, 1.165) is 17.9 Å². The fourth-order valence-electron chi connectivity index (χ4n) is 4.56. The number of nitrogens with zero attached hydrogens (tertiary/aromatic N) is 3. The van der Waals surface area contributed by atoms with E-state index in [1.54, 1.807) is 22.8 Å². The van der Waals surface area contributed by atoms with Gasteiger partial charge in [-0.3, -0.25) is 9.59 Å². The molecular formula is C26H27Cl2N4O6+. The number of hydrogen-bond donors (Lipinski definition) is 2. The predicted molar refractivity (Wildman–Crippen MR) is 141 cm³/mol. The van der Waals surface area contributed by atoms with Crippen molar-refractivity contribution >= 4 is 58.7 Å². The molecular weight excluding hydrogens is 535 g/mol. The molecule has 4 rings (SSSR count). The number of fused-ring (bicyclic) bond motifs is 2. The highest BCUT2D eigenvalue weighted by atomic mass is 35.5. The molecule has 1 aromatic carbocycles. The lowest BCUT2D eigenvalue weighted by Crippen LogP contribution is -2.62. The lowest BCUT2D eigenvalue weighted by Gasteiger charge is -2.39. The first-order valence-electron chi connectivity index (χ1n) is 12.0. The number of primary amides is 1. The van der Waals surface area contributed by atoms with E-state index >= 15 is 0 Å². The van der Waals surface area contributed by atoms with Gasteiger partial charge in [0.2, 0.25) is 5.91 Å². The van der Waals surface area contributed by atoms with Crippen molar-refractivity contribution in [3.63, 3.8) is 0 Å². The molecule has 0 saturated carbocycles. The van der Waals surface area contributed by atoms with Crippen LogP contribution in [-0.4, -0.2) is 63.2 Å². The quantitative estimate of drug-likeness (QED) is 0.248. The number of aromatic nitrogens is 1. The Bertz CT molecular complexity index is 1410. The van der Waals surface area contributed by atoms with Gasteiger partial charge in [-0.15, -0.1) is 9.60 Å². The summed E-state index contributed by atoms with van der Waals surface area (Å²) in [6.45, 7) is 2.28. The molecule has 12 heteroatoms. The van der Waals surface area contributed by atoms with Gasteiger partial charge >= 0.3 is 12.0 Å². The van der Waals surface area contributed by atoms with E-state index in [9.17, 15) is 24.3 Å². The van der Waals surface area contributed by atoms with Crippen molar-refractivity contribution in [2.45, 2.75) is 32.7 Å². The second-order valence-electron chi connectivity index (χ2n) is 9.11. The molecule has 38 heavy (non-hydrogen) atoms. The summed E-state index contributed by atoms with van der Waals surface area (Å²) in [5.41, 5.74) is 7.28. The van der Waals surface area contributed by atoms with Gasteiger partial charge in [0.1, 0.15) is 6.54 Å². The summed E-state index contributed by atoms with van der Waals surface area (Å²) < 4.78 is 6.81. The summed E-state index contributed by atoms with van der Waals surface area (Å²) in [5, 5.41) is 11.1. The highest BCUT2D eigenvalue weighted by Crippen LogP contribution is 2.38. The van der Waals surface area contributed by atoms with Crippen LogP contribution >= 0.6 is 23.2 Å². The molecule has 10 nitrogen and oxygen atoms in total. The fourth-order valence-corrected chi connectivity index (χ4v) is 4.89. The highest BCUT2D eigenvalue weighted by Gasteiger charge is 2.49. The summed E-state index contributed by atoms with van der Waals surface area (Å²) >= 11 is 12.5. The molecule has 2 aliphatic rings. The van der Waals surface area contributed by atoms with Gasteiger partial charge in [-0.25, -0.2) is 9.59 Å². The Labute approximate surface area is 229 Å². The first-order chi connectivity index (χ1) is 18.0. The summed E-state index contributed by atoms with van der Waals surface area (Å²) in [5.74, 6) is -1.23. The van der Waals surface area contributed by atoms with Crippen LogP contribution in [0.2, 0.25) is 10.0 Å². The topological polar surface area (TPSA) is 132 Å². The minimum Gasteiger partial charge on any atom is -0.487 e. The lowest BCUT2D eigenvalue weighted by atomic mass is 10.00. The van der Waals surface area contributed by atoms with E-state index in [-0.39, 0.29) is 46.7 Å². The molecule has 3 amide bonds. The number of quaternary nitrogens is 1. The zero-order valence-corrected chi connectivity index (χ0v) is 22.4. The minimum atomic E-state index is -1.38. The fraction of sp³-hybridized carbons (Fsp3) is 0.308. The van der Waals surface area contributed by atoms with Gasteiger partial charge in [0.05, 0.1) is 47.9 Å². The van der Waals surface area contributed by atoms with Crippen LogP contribution in [0.15, 0.2) is 36.0 Å². The number of carbonyl (C=O) groups excluding carboxylic acids is 3. The normalized spacial score (nSPS) is 17.8. The largest absolute Gasteiger partial charge is 0.487 e. The van der Waals surface area contributed by atoms with Crippen LogP contribution in [0, 0.1) is 0 Å². The molecule has 0 spiro atoms. The van der Waals surface area contributed by atoms with Gasteiger partial charge < -0.3 is 20.1 Å². The van der Waals surface area contributed by atoms with E-state index in [0.29, 0.717) is 29.1 Å². The van der Waals surface area contributed by atoms with Crippen LogP contribution < -0.4 is 5.73 Å². The van der Waals surface area contributed by atoms with Crippen LogP contribution in [0.5, 0.6) is 0 Å². The van der Waals surface area contributed by atoms with Gasteiger partial charge in [0.15, 0.2) is 17.7 Å². The Morgan fingerprint density at radius 1 is 1.18 bits per heavy atom. The number of nitrogens with two attached hydrogens (primary N) is 1. The second kappa shape index (κ2) is 10.6. The number of unbranched alkanes of at least 4 members (excludes halogenated alkanes) is 1. The van der Waals surface area contributed by atoms with Crippen molar-refractivity contribution in [2.24, 2.45) is 5.73 Å². The molecule has 2 aliphatic heterocycles. The van der Waals surface area contributed by atoms with Crippen molar-refractivity contribution in [1.82, 2.24) is 9.58 Å². The van der Waals surface area contributed by atoms with Gasteiger partial charge in [-0.1, -0.05) is 36.5 Å². The van der Waals surface area contributed by atoms with Crippen molar-refractivity contribution in [1.29, 1.82) is 0 Å². The number of hydrogen-bond acceptors (Lipinski definition) is 5. The zero-order chi connectivity index (χ0) is 27.8. The van der Waals surface area contributed by atoms with Crippen molar-refractivity contribution in [3.8, 4) is 0 Å². The lowest BCUT2D eigenvalue weighted by molar-refractivity contribution is -0.903. The summed E-state index contributed by atoms with van der Waals surface area (Å²) in [6.07, 6.45) is 3.05.